The molecular formula is C17H17N3. The molecule has 1 N–H and O–H groups in total. The molecule has 0 spiro atoms. The van der Waals surface area contributed by atoms with Gasteiger partial charge in [-0.25, -0.2) is 4.98 Å². The van der Waals surface area contributed by atoms with E-state index in [9.17, 15) is 0 Å². The topological polar surface area (TPSA) is 29.3 Å². The Morgan fingerprint density at radius 1 is 1.15 bits per heavy atom. The molecule has 0 fully saturated rings. The van der Waals surface area contributed by atoms with E-state index in [1.807, 2.05) is 6.07 Å². The molecule has 0 radical (unpaired) electrons. The SMILES string of the molecule is Cc1ccccc1C1NCCc2nc3ccccn3c21. The average molecular weight is 263 g/mol. The molecule has 1 aliphatic rings. The summed E-state index contributed by atoms with van der Waals surface area (Å²) in [7, 11) is 0. The van der Waals surface area contributed by atoms with Gasteiger partial charge in [0.15, 0.2) is 0 Å². The number of rotatable bonds is 1. The Kier molecular flexibility index (Phi) is 2.60. The Labute approximate surface area is 118 Å². The van der Waals surface area contributed by atoms with Gasteiger partial charge in [0, 0.05) is 19.2 Å². The van der Waals surface area contributed by atoms with Crippen LogP contribution in [0.5, 0.6) is 0 Å². The first kappa shape index (κ1) is 11.7. The molecule has 1 aromatic carbocycles. The minimum Gasteiger partial charge on any atom is -0.305 e. The zero-order chi connectivity index (χ0) is 13.5. The van der Waals surface area contributed by atoms with E-state index in [1.54, 1.807) is 0 Å². The number of fused-ring (bicyclic) bond motifs is 3. The fourth-order valence-electron chi connectivity index (χ4n) is 3.15. The largest absolute Gasteiger partial charge is 0.305 e. The highest BCUT2D eigenvalue weighted by Crippen LogP contribution is 2.30. The molecule has 3 heterocycles. The third kappa shape index (κ3) is 1.67. The second kappa shape index (κ2) is 4.46. The minimum atomic E-state index is 0.234. The number of hydrogen-bond donors (Lipinski definition) is 1. The Bertz CT molecular complexity index is 773. The second-order valence-corrected chi connectivity index (χ2v) is 5.37. The van der Waals surface area contributed by atoms with Crippen LogP contribution in [0.15, 0.2) is 48.7 Å². The summed E-state index contributed by atoms with van der Waals surface area (Å²) in [6.45, 7) is 3.16. The first-order valence-electron chi connectivity index (χ1n) is 7.09. The standard InChI is InChI=1S/C17H17N3/c1-12-6-2-3-7-13(12)16-17-14(9-10-18-16)19-15-8-4-5-11-20(15)17/h2-8,11,16,18H,9-10H2,1H3. The molecule has 20 heavy (non-hydrogen) atoms. The van der Waals surface area contributed by atoms with E-state index in [-0.39, 0.29) is 6.04 Å². The molecule has 3 heteroatoms. The second-order valence-electron chi connectivity index (χ2n) is 5.37. The van der Waals surface area contributed by atoms with Gasteiger partial charge in [0.25, 0.3) is 0 Å². The van der Waals surface area contributed by atoms with Crippen molar-refractivity contribution in [1.82, 2.24) is 14.7 Å². The molecule has 0 amide bonds. The summed E-state index contributed by atoms with van der Waals surface area (Å²) in [5.74, 6) is 0. The molecule has 100 valence electrons. The fraction of sp³-hybridized carbons (Fsp3) is 0.235. The van der Waals surface area contributed by atoms with E-state index < -0.39 is 0 Å². The maximum absolute atomic E-state index is 4.78. The van der Waals surface area contributed by atoms with Crippen LogP contribution in [0.3, 0.4) is 0 Å². The highest BCUT2D eigenvalue weighted by atomic mass is 15.1. The van der Waals surface area contributed by atoms with Crippen LogP contribution in [0.1, 0.15) is 28.6 Å². The van der Waals surface area contributed by atoms with Gasteiger partial charge in [-0.05, 0) is 30.2 Å². The van der Waals surface area contributed by atoms with Crippen molar-refractivity contribution < 1.29 is 0 Å². The van der Waals surface area contributed by atoms with E-state index in [0.29, 0.717) is 0 Å². The summed E-state index contributed by atoms with van der Waals surface area (Å²) in [6.07, 6.45) is 3.11. The summed E-state index contributed by atoms with van der Waals surface area (Å²) in [5, 5.41) is 3.65. The molecular weight excluding hydrogens is 246 g/mol. The number of aryl methyl sites for hydroxylation is 1. The summed E-state index contributed by atoms with van der Waals surface area (Å²) < 4.78 is 2.22. The monoisotopic (exact) mass is 263 g/mol. The lowest BCUT2D eigenvalue weighted by molar-refractivity contribution is 0.545. The highest BCUT2D eigenvalue weighted by Gasteiger charge is 2.26. The molecule has 0 saturated heterocycles. The van der Waals surface area contributed by atoms with E-state index in [4.69, 9.17) is 4.98 Å². The lowest BCUT2D eigenvalue weighted by Crippen LogP contribution is -2.31. The quantitative estimate of drug-likeness (QED) is 0.731. The van der Waals surface area contributed by atoms with Gasteiger partial charge in [-0.3, -0.25) is 0 Å². The predicted octanol–water partition coefficient (Wildman–Crippen LogP) is 2.88. The van der Waals surface area contributed by atoms with Crippen molar-refractivity contribution >= 4 is 5.65 Å². The van der Waals surface area contributed by atoms with Crippen molar-refractivity contribution in [2.45, 2.75) is 19.4 Å². The zero-order valence-corrected chi connectivity index (χ0v) is 11.5. The molecule has 0 aliphatic carbocycles. The Morgan fingerprint density at radius 3 is 2.90 bits per heavy atom. The van der Waals surface area contributed by atoms with Crippen LogP contribution >= 0.6 is 0 Å². The number of benzene rings is 1. The van der Waals surface area contributed by atoms with Gasteiger partial charge in [0.2, 0.25) is 0 Å². The van der Waals surface area contributed by atoms with Crippen molar-refractivity contribution in [3.8, 4) is 0 Å². The van der Waals surface area contributed by atoms with Crippen LogP contribution in [0.25, 0.3) is 5.65 Å². The van der Waals surface area contributed by atoms with Crippen molar-refractivity contribution in [3.05, 3.63) is 71.2 Å². The average Bonchev–Trinajstić information content (AvgIpc) is 2.86. The summed E-state index contributed by atoms with van der Waals surface area (Å²) in [4.78, 5) is 4.78. The third-order valence-corrected chi connectivity index (χ3v) is 4.13. The first-order chi connectivity index (χ1) is 9.84. The fourth-order valence-corrected chi connectivity index (χ4v) is 3.15. The highest BCUT2D eigenvalue weighted by molar-refractivity contribution is 5.48. The van der Waals surface area contributed by atoms with Crippen LogP contribution in [-0.4, -0.2) is 15.9 Å². The van der Waals surface area contributed by atoms with E-state index in [2.05, 4.69) is 59.2 Å². The molecule has 1 aliphatic heterocycles. The van der Waals surface area contributed by atoms with Crippen LogP contribution in [0, 0.1) is 6.92 Å². The smallest absolute Gasteiger partial charge is 0.137 e. The molecule has 0 bridgehead atoms. The number of aromatic nitrogens is 2. The summed E-state index contributed by atoms with van der Waals surface area (Å²) in [5.41, 5.74) is 6.23. The van der Waals surface area contributed by atoms with Crippen molar-refractivity contribution in [2.24, 2.45) is 0 Å². The van der Waals surface area contributed by atoms with Crippen LogP contribution < -0.4 is 5.32 Å². The Hall–Kier alpha value is -2.13. The molecule has 4 rings (SSSR count). The third-order valence-electron chi connectivity index (χ3n) is 4.13. The number of nitrogens with zero attached hydrogens (tertiary/aromatic N) is 2. The van der Waals surface area contributed by atoms with Gasteiger partial charge >= 0.3 is 0 Å². The van der Waals surface area contributed by atoms with Gasteiger partial charge < -0.3 is 9.72 Å². The van der Waals surface area contributed by atoms with Crippen molar-refractivity contribution in [1.29, 1.82) is 0 Å². The molecule has 3 nitrogen and oxygen atoms in total. The van der Waals surface area contributed by atoms with E-state index >= 15 is 0 Å². The van der Waals surface area contributed by atoms with E-state index in [0.717, 1.165) is 18.6 Å². The normalized spacial score (nSPS) is 18.1. The lowest BCUT2D eigenvalue weighted by atomic mass is 9.94. The van der Waals surface area contributed by atoms with Gasteiger partial charge in [0.1, 0.15) is 5.65 Å². The molecule has 1 atom stereocenters. The maximum atomic E-state index is 4.78. The van der Waals surface area contributed by atoms with Gasteiger partial charge in [-0.15, -0.1) is 0 Å². The van der Waals surface area contributed by atoms with Gasteiger partial charge in [-0.1, -0.05) is 30.3 Å². The van der Waals surface area contributed by atoms with Crippen LogP contribution in [-0.2, 0) is 6.42 Å². The number of hydrogen-bond acceptors (Lipinski definition) is 2. The van der Waals surface area contributed by atoms with Crippen molar-refractivity contribution in [3.63, 3.8) is 0 Å². The van der Waals surface area contributed by atoms with Gasteiger partial charge in [-0.2, -0.15) is 0 Å². The molecule has 2 aromatic heterocycles. The maximum Gasteiger partial charge on any atom is 0.137 e. The summed E-state index contributed by atoms with van der Waals surface area (Å²) in [6, 6.07) is 15.0. The number of imidazole rings is 1. The van der Waals surface area contributed by atoms with Gasteiger partial charge in [0.05, 0.1) is 17.4 Å². The zero-order valence-electron chi connectivity index (χ0n) is 11.5. The number of pyridine rings is 1. The Morgan fingerprint density at radius 2 is 2.00 bits per heavy atom. The first-order valence-corrected chi connectivity index (χ1v) is 7.09. The Balaban J connectivity index is 1.96. The van der Waals surface area contributed by atoms with Crippen LogP contribution in [0.2, 0.25) is 0 Å². The minimum absolute atomic E-state index is 0.234. The molecule has 3 aromatic rings. The molecule has 0 saturated carbocycles. The predicted molar refractivity (Wildman–Crippen MR) is 79.9 cm³/mol. The van der Waals surface area contributed by atoms with Crippen LogP contribution in [0.4, 0.5) is 0 Å². The summed E-state index contributed by atoms with van der Waals surface area (Å²) >= 11 is 0. The molecule has 1 unspecified atom stereocenters. The van der Waals surface area contributed by atoms with E-state index in [1.165, 1.54) is 22.5 Å². The number of nitrogens with one attached hydrogen (secondary N) is 1. The lowest BCUT2D eigenvalue weighted by Gasteiger charge is -2.26. The van der Waals surface area contributed by atoms with Crippen molar-refractivity contribution in [2.75, 3.05) is 6.54 Å².